The number of aliphatic hydroxyl groups excluding tert-OH is 1. The predicted octanol–water partition coefficient (Wildman–Crippen LogP) is 3.10. The average molecular weight is 240 g/mol. The highest BCUT2D eigenvalue weighted by molar-refractivity contribution is 7.98. The summed E-state index contributed by atoms with van der Waals surface area (Å²) in [5, 5.41) is 10.1. The first-order valence-corrected chi connectivity index (χ1v) is 6.81. The zero-order valence-electron chi connectivity index (χ0n) is 10.4. The van der Waals surface area contributed by atoms with Gasteiger partial charge in [0.25, 0.3) is 0 Å². The van der Waals surface area contributed by atoms with Crippen molar-refractivity contribution in [2.75, 3.05) is 19.1 Å². The van der Waals surface area contributed by atoms with Crippen LogP contribution >= 0.6 is 11.8 Å². The van der Waals surface area contributed by atoms with Crippen molar-refractivity contribution in [3.05, 3.63) is 28.8 Å². The molecule has 0 saturated carbocycles. The average Bonchev–Trinajstić information content (AvgIpc) is 2.24. The van der Waals surface area contributed by atoms with Crippen LogP contribution in [0.5, 0.6) is 5.75 Å². The lowest BCUT2D eigenvalue weighted by atomic mass is 9.98. The van der Waals surface area contributed by atoms with Gasteiger partial charge >= 0.3 is 0 Å². The van der Waals surface area contributed by atoms with E-state index in [0.717, 1.165) is 34.6 Å². The summed E-state index contributed by atoms with van der Waals surface area (Å²) in [5.41, 5.74) is 3.20. The second-order valence-corrected chi connectivity index (χ2v) is 4.98. The van der Waals surface area contributed by atoms with Gasteiger partial charge in [0, 0.05) is 5.56 Å². The van der Waals surface area contributed by atoms with Gasteiger partial charge in [0.05, 0.1) is 13.2 Å². The molecule has 0 aliphatic carbocycles. The van der Waals surface area contributed by atoms with Gasteiger partial charge in [-0.3, -0.25) is 0 Å². The fraction of sp³-hybridized carbons (Fsp3) is 0.538. The molecule has 0 aromatic heterocycles. The lowest BCUT2D eigenvalue weighted by Gasteiger charge is -2.18. The number of hydrogen-bond donors (Lipinski definition) is 1. The van der Waals surface area contributed by atoms with Gasteiger partial charge in [0.15, 0.2) is 0 Å². The van der Waals surface area contributed by atoms with E-state index in [1.54, 1.807) is 18.9 Å². The summed E-state index contributed by atoms with van der Waals surface area (Å²) in [4.78, 5) is 0. The molecule has 0 radical (unpaired) electrons. The minimum absolute atomic E-state index is 0.428. The van der Waals surface area contributed by atoms with Crippen molar-refractivity contribution in [2.24, 2.45) is 0 Å². The molecule has 0 saturated heterocycles. The summed E-state index contributed by atoms with van der Waals surface area (Å²) in [5.74, 6) is 1.75. The molecule has 0 aliphatic rings. The Labute approximate surface area is 102 Å². The normalized spacial score (nSPS) is 12.6. The van der Waals surface area contributed by atoms with Crippen molar-refractivity contribution in [1.29, 1.82) is 0 Å². The molecule has 0 bridgehead atoms. The molecule has 1 N–H and O–H groups in total. The zero-order valence-corrected chi connectivity index (χ0v) is 11.2. The molecule has 0 heterocycles. The van der Waals surface area contributed by atoms with Gasteiger partial charge in [-0.2, -0.15) is 11.8 Å². The third kappa shape index (κ3) is 3.16. The summed E-state index contributed by atoms with van der Waals surface area (Å²) in [7, 11) is 1.65. The molecule has 1 atom stereocenters. The van der Waals surface area contributed by atoms with E-state index >= 15 is 0 Å². The first kappa shape index (κ1) is 13.4. The van der Waals surface area contributed by atoms with Crippen molar-refractivity contribution in [3.63, 3.8) is 0 Å². The second-order valence-electron chi connectivity index (χ2n) is 4.00. The first-order chi connectivity index (χ1) is 7.60. The quantitative estimate of drug-likeness (QED) is 0.857. The Balaban J connectivity index is 3.01. The van der Waals surface area contributed by atoms with Gasteiger partial charge in [-0.1, -0.05) is 6.07 Å². The third-order valence-corrected chi connectivity index (χ3v) is 3.29. The number of hydrogen-bond acceptors (Lipinski definition) is 3. The van der Waals surface area contributed by atoms with Gasteiger partial charge in [-0.05, 0) is 49.5 Å². The van der Waals surface area contributed by atoms with Crippen LogP contribution in [-0.4, -0.2) is 24.2 Å². The van der Waals surface area contributed by atoms with Crippen molar-refractivity contribution < 1.29 is 9.84 Å². The number of rotatable bonds is 5. The summed E-state index contributed by atoms with van der Waals surface area (Å²) < 4.78 is 5.34. The maximum Gasteiger partial charge on any atom is 0.125 e. The summed E-state index contributed by atoms with van der Waals surface area (Å²) >= 11 is 1.75. The molecule has 1 aromatic carbocycles. The molecule has 2 nitrogen and oxygen atoms in total. The smallest absolute Gasteiger partial charge is 0.125 e. The Morgan fingerprint density at radius 2 is 2.06 bits per heavy atom. The predicted molar refractivity (Wildman–Crippen MR) is 70.4 cm³/mol. The van der Waals surface area contributed by atoms with E-state index in [1.165, 1.54) is 0 Å². The molecule has 0 fully saturated rings. The molecule has 1 unspecified atom stereocenters. The minimum atomic E-state index is -0.428. The van der Waals surface area contributed by atoms with Crippen LogP contribution in [0.15, 0.2) is 12.1 Å². The molecule has 1 aromatic rings. The van der Waals surface area contributed by atoms with Crippen LogP contribution in [0.3, 0.4) is 0 Å². The SMILES string of the molecule is COc1cc(C)cc(C)c1C(O)CCSC. The van der Waals surface area contributed by atoms with Crippen molar-refractivity contribution in [3.8, 4) is 5.75 Å². The zero-order chi connectivity index (χ0) is 12.1. The van der Waals surface area contributed by atoms with Gasteiger partial charge < -0.3 is 9.84 Å². The topological polar surface area (TPSA) is 29.5 Å². The summed E-state index contributed by atoms with van der Waals surface area (Å²) in [6.07, 6.45) is 2.39. The van der Waals surface area contributed by atoms with E-state index in [2.05, 4.69) is 6.07 Å². The third-order valence-electron chi connectivity index (χ3n) is 2.64. The number of aliphatic hydroxyl groups is 1. The van der Waals surface area contributed by atoms with Gasteiger partial charge in [-0.25, -0.2) is 0 Å². The van der Waals surface area contributed by atoms with E-state index in [1.807, 2.05) is 26.2 Å². The maximum absolute atomic E-state index is 10.1. The Morgan fingerprint density at radius 3 is 2.62 bits per heavy atom. The summed E-state index contributed by atoms with van der Waals surface area (Å²) in [6.45, 7) is 4.06. The van der Waals surface area contributed by atoms with Crippen molar-refractivity contribution in [1.82, 2.24) is 0 Å². The molecule has 0 spiro atoms. The van der Waals surface area contributed by atoms with Gasteiger partial charge in [-0.15, -0.1) is 0 Å². The van der Waals surface area contributed by atoms with E-state index in [0.29, 0.717) is 0 Å². The monoisotopic (exact) mass is 240 g/mol. The molecule has 90 valence electrons. The number of benzene rings is 1. The molecule has 16 heavy (non-hydrogen) atoms. The number of aryl methyl sites for hydroxylation is 2. The first-order valence-electron chi connectivity index (χ1n) is 5.42. The molecule has 0 amide bonds. The second kappa shape index (κ2) is 6.16. The highest BCUT2D eigenvalue weighted by atomic mass is 32.2. The van der Waals surface area contributed by atoms with E-state index < -0.39 is 6.10 Å². The Morgan fingerprint density at radius 1 is 1.38 bits per heavy atom. The lowest BCUT2D eigenvalue weighted by Crippen LogP contribution is -2.05. The van der Waals surface area contributed by atoms with Crippen LogP contribution in [0.25, 0.3) is 0 Å². The van der Waals surface area contributed by atoms with Crippen molar-refractivity contribution >= 4 is 11.8 Å². The molecule has 0 aliphatic heterocycles. The highest BCUT2D eigenvalue weighted by Crippen LogP contribution is 2.32. The maximum atomic E-state index is 10.1. The van der Waals surface area contributed by atoms with Crippen LogP contribution < -0.4 is 4.74 Å². The largest absolute Gasteiger partial charge is 0.496 e. The Kier molecular flexibility index (Phi) is 5.16. The van der Waals surface area contributed by atoms with Gasteiger partial charge in [0.2, 0.25) is 0 Å². The van der Waals surface area contributed by atoms with Gasteiger partial charge in [0.1, 0.15) is 5.75 Å². The van der Waals surface area contributed by atoms with E-state index in [-0.39, 0.29) is 0 Å². The van der Waals surface area contributed by atoms with Crippen LogP contribution in [0.2, 0.25) is 0 Å². The summed E-state index contributed by atoms with van der Waals surface area (Å²) in [6, 6.07) is 4.06. The Hall–Kier alpha value is -0.670. The fourth-order valence-electron chi connectivity index (χ4n) is 1.91. The highest BCUT2D eigenvalue weighted by Gasteiger charge is 2.16. The van der Waals surface area contributed by atoms with E-state index in [4.69, 9.17) is 4.74 Å². The Bertz CT molecular complexity index is 350. The molecular weight excluding hydrogens is 220 g/mol. The molecular formula is C13H20O2S. The molecule has 1 rings (SSSR count). The van der Waals surface area contributed by atoms with E-state index in [9.17, 15) is 5.11 Å². The minimum Gasteiger partial charge on any atom is -0.496 e. The lowest BCUT2D eigenvalue weighted by molar-refractivity contribution is 0.170. The fourth-order valence-corrected chi connectivity index (χ4v) is 2.37. The van der Waals surface area contributed by atoms with Crippen LogP contribution in [-0.2, 0) is 0 Å². The number of ether oxygens (including phenoxy) is 1. The van der Waals surface area contributed by atoms with Crippen molar-refractivity contribution in [2.45, 2.75) is 26.4 Å². The van der Waals surface area contributed by atoms with Crippen LogP contribution in [0.4, 0.5) is 0 Å². The number of methoxy groups -OCH3 is 1. The molecule has 3 heteroatoms. The van der Waals surface area contributed by atoms with Crippen LogP contribution in [0.1, 0.15) is 29.2 Å². The number of thioether (sulfide) groups is 1. The van der Waals surface area contributed by atoms with Crippen LogP contribution in [0, 0.1) is 13.8 Å². The standard InChI is InChI=1S/C13H20O2S/c1-9-7-10(2)13(12(8-9)15-3)11(14)5-6-16-4/h7-8,11,14H,5-6H2,1-4H3.